The highest BCUT2D eigenvalue weighted by molar-refractivity contribution is 7.11. The van der Waals surface area contributed by atoms with E-state index in [-0.39, 0.29) is 5.91 Å². The molecule has 0 saturated heterocycles. The van der Waals surface area contributed by atoms with Crippen LogP contribution in [0.4, 0.5) is 0 Å². The number of rotatable bonds is 7. The van der Waals surface area contributed by atoms with Gasteiger partial charge in [0.2, 0.25) is 5.91 Å². The predicted molar refractivity (Wildman–Crippen MR) is 86.1 cm³/mol. The van der Waals surface area contributed by atoms with Crippen molar-refractivity contribution < 1.29 is 4.79 Å². The summed E-state index contributed by atoms with van der Waals surface area (Å²) < 4.78 is 0. The summed E-state index contributed by atoms with van der Waals surface area (Å²) in [5, 5.41) is 3.78. The van der Waals surface area contributed by atoms with E-state index in [1.54, 1.807) is 11.3 Å². The molecular weight excluding hydrogens is 282 g/mol. The van der Waals surface area contributed by atoms with E-state index in [1.165, 1.54) is 10.4 Å². The summed E-state index contributed by atoms with van der Waals surface area (Å²) in [4.78, 5) is 17.5. The van der Waals surface area contributed by atoms with Crippen molar-refractivity contribution in [2.45, 2.75) is 38.8 Å². The third-order valence-corrected chi connectivity index (χ3v) is 4.43. The summed E-state index contributed by atoms with van der Waals surface area (Å²) in [5.74, 6) is -0.112. The van der Waals surface area contributed by atoms with Crippen LogP contribution in [0.3, 0.4) is 0 Å². The molecule has 0 bridgehead atoms. The molecule has 0 radical (unpaired) electrons. The molecular formula is C16H21N3OS. The predicted octanol–water partition coefficient (Wildman–Crippen LogP) is 2.28. The number of hydrogen-bond acceptors (Lipinski definition) is 4. The Labute approximate surface area is 129 Å². The molecule has 5 heteroatoms. The summed E-state index contributed by atoms with van der Waals surface area (Å²) in [6.45, 7) is 2.55. The van der Waals surface area contributed by atoms with Crippen LogP contribution in [0.15, 0.2) is 36.5 Å². The summed E-state index contributed by atoms with van der Waals surface area (Å²) in [5.41, 5.74) is 7.13. The number of nitrogens with two attached hydrogens (primary N) is 1. The molecule has 2 aromatic rings. The highest BCUT2D eigenvalue weighted by Gasteiger charge is 2.13. The Bertz CT molecular complexity index is 568. The fourth-order valence-corrected chi connectivity index (χ4v) is 2.79. The number of carbonyl (C=O) groups excluding carboxylic acids is 1. The second kappa shape index (κ2) is 7.90. The zero-order valence-corrected chi connectivity index (χ0v) is 13.0. The van der Waals surface area contributed by atoms with E-state index in [4.69, 9.17) is 5.73 Å². The molecule has 3 N–H and O–H groups in total. The third kappa shape index (κ3) is 4.95. The first kappa shape index (κ1) is 15.7. The van der Waals surface area contributed by atoms with E-state index in [2.05, 4.69) is 17.2 Å². The van der Waals surface area contributed by atoms with Gasteiger partial charge in [0, 0.05) is 11.1 Å². The van der Waals surface area contributed by atoms with Crippen molar-refractivity contribution in [2.24, 2.45) is 5.73 Å². The van der Waals surface area contributed by atoms with Gasteiger partial charge in [-0.3, -0.25) is 4.79 Å². The molecule has 21 heavy (non-hydrogen) atoms. The minimum absolute atomic E-state index is 0.112. The van der Waals surface area contributed by atoms with Gasteiger partial charge in [-0.1, -0.05) is 37.3 Å². The van der Waals surface area contributed by atoms with E-state index in [1.807, 2.05) is 36.5 Å². The average molecular weight is 303 g/mol. The standard InChI is InChI=1S/C16H21N3OS/c1-2-13-10-18-15(21-13)11-19-16(20)14(17)9-8-12-6-4-3-5-7-12/h3-7,10,14H,2,8-9,11,17H2,1H3,(H,19,20)/t14-/m0/s1. The third-order valence-electron chi connectivity index (χ3n) is 3.29. The summed E-state index contributed by atoms with van der Waals surface area (Å²) in [7, 11) is 0. The van der Waals surface area contributed by atoms with Crippen LogP contribution in [0.25, 0.3) is 0 Å². The fraction of sp³-hybridized carbons (Fsp3) is 0.375. The van der Waals surface area contributed by atoms with E-state index >= 15 is 0 Å². The Kier molecular flexibility index (Phi) is 5.90. The maximum Gasteiger partial charge on any atom is 0.237 e. The van der Waals surface area contributed by atoms with Gasteiger partial charge in [-0.05, 0) is 24.8 Å². The van der Waals surface area contributed by atoms with Gasteiger partial charge < -0.3 is 11.1 Å². The highest BCUT2D eigenvalue weighted by atomic mass is 32.1. The summed E-state index contributed by atoms with van der Waals surface area (Å²) in [6, 6.07) is 9.59. The molecule has 1 amide bonds. The first-order valence-corrected chi connectivity index (χ1v) is 8.01. The van der Waals surface area contributed by atoms with Gasteiger partial charge in [-0.15, -0.1) is 11.3 Å². The molecule has 0 spiro atoms. The zero-order chi connectivity index (χ0) is 15.1. The van der Waals surface area contributed by atoms with Gasteiger partial charge >= 0.3 is 0 Å². The van der Waals surface area contributed by atoms with E-state index in [9.17, 15) is 4.79 Å². The molecule has 0 aliphatic heterocycles. The molecule has 0 aliphatic carbocycles. The number of carbonyl (C=O) groups is 1. The normalized spacial score (nSPS) is 12.1. The lowest BCUT2D eigenvalue weighted by Gasteiger charge is -2.11. The van der Waals surface area contributed by atoms with Gasteiger partial charge in [0.25, 0.3) is 0 Å². The van der Waals surface area contributed by atoms with Crippen LogP contribution < -0.4 is 11.1 Å². The Morgan fingerprint density at radius 3 is 2.81 bits per heavy atom. The zero-order valence-electron chi connectivity index (χ0n) is 12.2. The lowest BCUT2D eigenvalue weighted by Crippen LogP contribution is -2.40. The maximum absolute atomic E-state index is 12.0. The topological polar surface area (TPSA) is 68.0 Å². The van der Waals surface area contributed by atoms with E-state index in [0.717, 1.165) is 17.8 Å². The largest absolute Gasteiger partial charge is 0.348 e. The molecule has 4 nitrogen and oxygen atoms in total. The van der Waals surface area contributed by atoms with Crippen molar-refractivity contribution in [3.63, 3.8) is 0 Å². The van der Waals surface area contributed by atoms with Crippen molar-refractivity contribution in [1.82, 2.24) is 10.3 Å². The molecule has 0 aliphatic rings. The number of aryl methyl sites for hydroxylation is 2. The smallest absolute Gasteiger partial charge is 0.237 e. The molecule has 0 unspecified atom stereocenters. The van der Waals surface area contributed by atoms with E-state index < -0.39 is 6.04 Å². The SMILES string of the molecule is CCc1cnc(CNC(=O)[C@@H](N)CCc2ccccc2)s1. The number of hydrogen-bond donors (Lipinski definition) is 2. The molecule has 1 aromatic heterocycles. The number of thiazole rings is 1. The minimum Gasteiger partial charge on any atom is -0.348 e. The average Bonchev–Trinajstić information content (AvgIpc) is 2.99. The van der Waals surface area contributed by atoms with Crippen molar-refractivity contribution in [2.75, 3.05) is 0 Å². The molecule has 0 fully saturated rings. The number of nitrogens with one attached hydrogen (secondary N) is 1. The van der Waals surface area contributed by atoms with Crippen LogP contribution in [0, 0.1) is 0 Å². The van der Waals surface area contributed by atoms with Crippen LogP contribution in [-0.4, -0.2) is 16.9 Å². The highest BCUT2D eigenvalue weighted by Crippen LogP contribution is 2.13. The molecule has 2 rings (SSSR count). The van der Waals surface area contributed by atoms with Crippen LogP contribution in [0.5, 0.6) is 0 Å². The lowest BCUT2D eigenvalue weighted by atomic mass is 10.1. The molecule has 112 valence electrons. The van der Waals surface area contributed by atoms with Crippen molar-refractivity contribution in [1.29, 1.82) is 0 Å². The molecule has 1 atom stereocenters. The second-order valence-corrected chi connectivity index (χ2v) is 6.12. The lowest BCUT2D eigenvalue weighted by molar-refractivity contribution is -0.122. The van der Waals surface area contributed by atoms with Gasteiger partial charge in [0.1, 0.15) is 5.01 Å². The van der Waals surface area contributed by atoms with Gasteiger partial charge in [0.05, 0.1) is 12.6 Å². The Hall–Kier alpha value is -1.72. The Morgan fingerprint density at radius 1 is 1.38 bits per heavy atom. The van der Waals surface area contributed by atoms with E-state index in [0.29, 0.717) is 13.0 Å². The monoisotopic (exact) mass is 303 g/mol. The van der Waals surface area contributed by atoms with Gasteiger partial charge in [-0.25, -0.2) is 4.98 Å². The van der Waals surface area contributed by atoms with Crippen LogP contribution in [0.1, 0.15) is 28.8 Å². The molecule has 1 aromatic carbocycles. The summed E-state index contributed by atoms with van der Waals surface area (Å²) in [6.07, 6.45) is 4.30. The number of amides is 1. The van der Waals surface area contributed by atoms with Gasteiger partial charge in [-0.2, -0.15) is 0 Å². The molecule has 0 saturated carbocycles. The Balaban J connectivity index is 1.74. The van der Waals surface area contributed by atoms with Crippen LogP contribution in [-0.2, 0) is 24.2 Å². The van der Waals surface area contributed by atoms with Gasteiger partial charge in [0.15, 0.2) is 0 Å². The number of nitrogens with zero attached hydrogens (tertiary/aromatic N) is 1. The van der Waals surface area contributed by atoms with Crippen molar-refractivity contribution in [3.05, 3.63) is 52.0 Å². The first-order chi connectivity index (χ1) is 10.2. The number of aromatic nitrogens is 1. The van der Waals surface area contributed by atoms with Crippen LogP contribution >= 0.6 is 11.3 Å². The van der Waals surface area contributed by atoms with Crippen molar-refractivity contribution in [3.8, 4) is 0 Å². The summed E-state index contributed by atoms with van der Waals surface area (Å²) >= 11 is 1.63. The Morgan fingerprint density at radius 2 is 2.14 bits per heavy atom. The van der Waals surface area contributed by atoms with Crippen molar-refractivity contribution >= 4 is 17.2 Å². The minimum atomic E-state index is -0.476. The molecule has 1 heterocycles. The second-order valence-electron chi connectivity index (χ2n) is 4.92. The van der Waals surface area contributed by atoms with Crippen LogP contribution in [0.2, 0.25) is 0 Å². The quantitative estimate of drug-likeness (QED) is 0.824. The fourth-order valence-electron chi connectivity index (χ4n) is 1.98. The maximum atomic E-state index is 12.0. The number of benzene rings is 1. The first-order valence-electron chi connectivity index (χ1n) is 7.20.